The first-order valence-corrected chi connectivity index (χ1v) is 12.0. The number of carbonyl (C=O) groups excluding carboxylic acids is 3. The SMILES string of the molecule is CCOC(=O)[C@@H](N)CCC(=O)C1CC(Cc2ccc3c(n2)N(C(=O)OC(C)(C)C)CCC3)C1. The molecule has 0 radical (unpaired) electrons. The molecule has 2 heterocycles. The predicted molar refractivity (Wildman–Crippen MR) is 125 cm³/mol. The summed E-state index contributed by atoms with van der Waals surface area (Å²) in [5.74, 6) is 0.839. The maximum absolute atomic E-state index is 12.7. The van der Waals surface area contributed by atoms with E-state index >= 15 is 0 Å². The lowest BCUT2D eigenvalue weighted by Crippen LogP contribution is -2.40. The molecule has 3 rings (SSSR count). The third-order valence-corrected chi connectivity index (χ3v) is 6.19. The maximum atomic E-state index is 12.7. The van der Waals surface area contributed by atoms with E-state index in [-0.39, 0.29) is 24.4 Å². The molecule has 1 aliphatic heterocycles. The van der Waals surface area contributed by atoms with Crippen molar-refractivity contribution in [2.75, 3.05) is 18.1 Å². The van der Waals surface area contributed by atoms with Crippen LogP contribution in [0.25, 0.3) is 0 Å². The molecule has 8 nitrogen and oxygen atoms in total. The van der Waals surface area contributed by atoms with Gasteiger partial charge in [0.05, 0.1) is 6.61 Å². The number of ether oxygens (including phenoxy) is 2. The Morgan fingerprint density at radius 3 is 2.64 bits per heavy atom. The summed E-state index contributed by atoms with van der Waals surface area (Å²) >= 11 is 0. The summed E-state index contributed by atoms with van der Waals surface area (Å²) in [6, 6.07) is 3.36. The summed E-state index contributed by atoms with van der Waals surface area (Å²) < 4.78 is 10.5. The van der Waals surface area contributed by atoms with Gasteiger partial charge in [0.2, 0.25) is 0 Å². The third kappa shape index (κ3) is 6.76. The molecule has 0 aromatic carbocycles. The van der Waals surface area contributed by atoms with Crippen molar-refractivity contribution in [1.82, 2.24) is 4.98 Å². The normalized spacial score (nSPS) is 20.9. The van der Waals surface area contributed by atoms with E-state index in [0.717, 1.165) is 43.4 Å². The lowest BCUT2D eigenvalue weighted by Gasteiger charge is -2.35. The van der Waals surface area contributed by atoms with E-state index in [1.165, 1.54) is 0 Å². The van der Waals surface area contributed by atoms with Crippen LogP contribution in [0.5, 0.6) is 0 Å². The highest BCUT2D eigenvalue weighted by Gasteiger charge is 2.35. The zero-order valence-electron chi connectivity index (χ0n) is 20.3. The first-order chi connectivity index (χ1) is 15.6. The van der Waals surface area contributed by atoms with Gasteiger partial charge in [-0.15, -0.1) is 0 Å². The number of carbonyl (C=O) groups is 3. The van der Waals surface area contributed by atoms with E-state index in [0.29, 0.717) is 31.1 Å². The van der Waals surface area contributed by atoms with E-state index in [4.69, 9.17) is 20.2 Å². The molecule has 1 aliphatic carbocycles. The Balaban J connectivity index is 1.52. The fraction of sp³-hybridized carbons (Fsp3) is 0.680. The van der Waals surface area contributed by atoms with Crippen LogP contribution in [0.4, 0.5) is 10.6 Å². The Labute approximate surface area is 196 Å². The van der Waals surface area contributed by atoms with Crippen LogP contribution in [0.3, 0.4) is 0 Å². The monoisotopic (exact) mass is 459 g/mol. The lowest BCUT2D eigenvalue weighted by atomic mass is 9.70. The van der Waals surface area contributed by atoms with Gasteiger partial charge in [0.25, 0.3) is 0 Å². The van der Waals surface area contributed by atoms with Gasteiger partial charge in [0.15, 0.2) is 0 Å². The number of amides is 1. The predicted octanol–water partition coefficient (Wildman–Crippen LogP) is 3.58. The standard InChI is InChI=1S/C25H37N3O5/c1-5-32-23(30)20(26)10-11-21(29)18-13-16(14-18)15-19-9-8-17-7-6-12-28(22(17)27-19)24(31)33-25(2,3)4/h8-9,16,18,20H,5-7,10-15,26H2,1-4H3/t16?,18?,20-/m0/s1. The minimum absolute atomic E-state index is 0.0280. The third-order valence-electron chi connectivity index (χ3n) is 6.19. The van der Waals surface area contributed by atoms with Crippen LogP contribution in [0.1, 0.15) is 71.1 Å². The molecule has 1 aromatic rings. The summed E-state index contributed by atoms with van der Waals surface area (Å²) in [7, 11) is 0. The van der Waals surface area contributed by atoms with Crippen LogP contribution in [0.15, 0.2) is 12.1 Å². The second-order valence-corrected chi connectivity index (χ2v) is 10.1. The highest BCUT2D eigenvalue weighted by atomic mass is 16.6. The lowest BCUT2D eigenvalue weighted by molar-refractivity contribution is -0.144. The van der Waals surface area contributed by atoms with Gasteiger partial charge in [-0.25, -0.2) is 9.78 Å². The molecule has 0 unspecified atom stereocenters. The number of rotatable bonds is 8. The van der Waals surface area contributed by atoms with Crippen LogP contribution in [-0.2, 0) is 31.9 Å². The number of nitrogens with zero attached hydrogens (tertiary/aromatic N) is 2. The Morgan fingerprint density at radius 2 is 1.97 bits per heavy atom. The van der Waals surface area contributed by atoms with Crippen molar-refractivity contribution in [3.05, 3.63) is 23.4 Å². The first-order valence-electron chi connectivity index (χ1n) is 12.0. The molecule has 2 N–H and O–H groups in total. The van der Waals surface area contributed by atoms with Gasteiger partial charge in [-0.05, 0) is 83.8 Å². The van der Waals surface area contributed by atoms with Crippen molar-refractivity contribution in [2.45, 2.75) is 84.3 Å². The van der Waals surface area contributed by atoms with Crippen LogP contribution >= 0.6 is 0 Å². The minimum atomic E-state index is -0.739. The van der Waals surface area contributed by atoms with E-state index in [1.54, 1.807) is 11.8 Å². The number of anilines is 1. The average molecular weight is 460 g/mol. The molecule has 2 aliphatic rings. The van der Waals surface area contributed by atoms with Crippen LogP contribution in [0, 0.1) is 11.8 Å². The van der Waals surface area contributed by atoms with Gasteiger partial charge in [0, 0.05) is 24.6 Å². The molecule has 8 heteroatoms. The van der Waals surface area contributed by atoms with Crippen molar-refractivity contribution < 1.29 is 23.9 Å². The fourth-order valence-electron chi connectivity index (χ4n) is 4.42. The summed E-state index contributed by atoms with van der Waals surface area (Å²) in [6.07, 6.45) is 4.48. The molecule has 1 amide bonds. The smallest absolute Gasteiger partial charge is 0.416 e. The van der Waals surface area contributed by atoms with Gasteiger partial charge >= 0.3 is 12.1 Å². The Morgan fingerprint density at radius 1 is 1.24 bits per heavy atom. The molecule has 33 heavy (non-hydrogen) atoms. The van der Waals surface area contributed by atoms with Crippen molar-refractivity contribution >= 4 is 23.7 Å². The minimum Gasteiger partial charge on any atom is -0.465 e. The molecule has 1 fully saturated rings. The maximum Gasteiger partial charge on any atom is 0.416 e. The van der Waals surface area contributed by atoms with Gasteiger partial charge < -0.3 is 15.2 Å². The van der Waals surface area contributed by atoms with Crippen LogP contribution in [-0.4, -0.2) is 47.6 Å². The van der Waals surface area contributed by atoms with Crippen LogP contribution in [0.2, 0.25) is 0 Å². The molecular formula is C25H37N3O5. The van der Waals surface area contributed by atoms with E-state index in [2.05, 4.69) is 6.07 Å². The number of esters is 1. The molecule has 1 atom stereocenters. The number of aromatic nitrogens is 1. The summed E-state index contributed by atoms with van der Waals surface area (Å²) in [5, 5.41) is 0. The number of hydrogen-bond acceptors (Lipinski definition) is 7. The molecule has 1 saturated carbocycles. The number of ketones is 1. The van der Waals surface area contributed by atoms with Crippen molar-refractivity contribution in [2.24, 2.45) is 17.6 Å². The molecule has 0 spiro atoms. The van der Waals surface area contributed by atoms with Gasteiger partial charge in [-0.1, -0.05) is 6.07 Å². The van der Waals surface area contributed by atoms with E-state index in [9.17, 15) is 14.4 Å². The highest BCUT2D eigenvalue weighted by molar-refractivity contribution is 5.88. The summed E-state index contributed by atoms with van der Waals surface area (Å²) in [5.41, 5.74) is 7.24. The number of hydrogen-bond donors (Lipinski definition) is 1. The van der Waals surface area contributed by atoms with Gasteiger partial charge in [-0.3, -0.25) is 14.5 Å². The number of nitrogens with two attached hydrogens (primary N) is 1. The number of aryl methyl sites for hydroxylation is 1. The Hall–Kier alpha value is -2.48. The second-order valence-electron chi connectivity index (χ2n) is 10.1. The quantitative estimate of drug-likeness (QED) is 0.591. The molecule has 182 valence electrons. The first kappa shape index (κ1) is 25.1. The van der Waals surface area contributed by atoms with Crippen LogP contribution < -0.4 is 10.6 Å². The second kappa shape index (κ2) is 10.6. The van der Waals surface area contributed by atoms with Crippen molar-refractivity contribution in [3.8, 4) is 0 Å². The van der Waals surface area contributed by atoms with Crippen molar-refractivity contribution in [3.63, 3.8) is 0 Å². The molecule has 1 aromatic heterocycles. The van der Waals surface area contributed by atoms with Gasteiger partial charge in [0.1, 0.15) is 23.2 Å². The topological polar surface area (TPSA) is 112 Å². The van der Waals surface area contributed by atoms with Gasteiger partial charge in [-0.2, -0.15) is 0 Å². The number of Topliss-reactive ketones (excluding diaryl/α,β-unsaturated/α-hetero) is 1. The number of pyridine rings is 1. The average Bonchev–Trinajstić information content (AvgIpc) is 2.72. The highest BCUT2D eigenvalue weighted by Crippen LogP contribution is 2.38. The van der Waals surface area contributed by atoms with E-state index < -0.39 is 17.6 Å². The van der Waals surface area contributed by atoms with Crippen molar-refractivity contribution in [1.29, 1.82) is 0 Å². The Bertz CT molecular complexity index is 873. The zero-order valence-corrected chi connectivity index (χ0v) is 20.3. The molecule has 0 bridgehead atoms. The Kier molecular flexibility index (Phi) is 8.10. The molecule has 0 saturated heterocycles. The summed E-state index contributed by atoms with van der Waals surface area (Å²) in [6.45, 7) is 8.20. The molecular weight excluding hydrogens is 422 g/mol. The van der Waals surface area contributed by atoms with E-state index in [1.807, 2.05) is 26.8 Å². The summed E-state index contributed by atoms with van der Waals surface area (Å²) in [4.78, 5) is 43.2. The fourth-order valence-corrected chi connectivity index (χ4v) is 4.42. The largest absolute Gasteiger partial charge is 0.465 e. The number of fused-ring (bicyclic) bond motifs is 1. The zero-order chi connectivity index (χ0) is 24.2.